The van der Waals surface area contributed by atoms with E-state index in [-0.39, 0.29) is 29.7 Å². The third-order valence-corrected chi connectivity index (χ3v) is 7.15. The van der Waals surface area contributed by atoms with E-state index in [1.165, 1.54) is 18.0 Å². The molecule has 0 saturated carbocycles. The maximum absolute atomic E-state index is 14.9. The highest BCUT2D eigenvalue weighted by atomic mass is 32.2. The lowest BCUT2D eigenvalue weighted by Crippen LogP contribution is -2.53. The number of aliphatic hydroxyl groups is 2. The van der Waals surface area contributed by atoms with Gasteiger partial charge < -0.3 is 20.7 Å². The molecule has 1 saturated heterocycles. The van der Waals surface area contributed by atoms with E-state index in [0.717, 1.165) is 25.8 Å². The largest absolute Gasteiger partial charge is 0.484 e. The number of likely N-dealkylation sites (tertiary alicyclic amines) is 1. The summed E-state index contributed by atoms with van der Waals surface area (Å²) >= 11 is 1.24. The minimum atomic E-state index is -3.27. The Kier molecular flexibility index (Phi) is 8.17. The molecule has 1 aromatic heterocycles. The van der Waals surface area contributed by atoms with Gasteiger partial charge in [0.05, 0.1) is 36.5 Å². The lowest BCUT2D eigenvalue weighted by Gasteiger charge is -2.36. The van der Waals surface area contributed by atoms with Crippen LogP contribution in [0.15, 0.2) is 29.4 Å². The van der Waals surface area contributed by atoms with E-state index in [4.69, 9.17) is 10.5 Å². The first kappa shape index (κ1) is 25.7. The van der Waals surface area contributed by atoms with Gasteiger partial charge in [-0.25, -0.2) is 13.8 Å². The van der Waals surface area contributed by atoms with E-state index in [1.54, 1.807) is 12.1 Å². The highest BCUT2D eigenvalue weighted by molar-refractivity contribution is 8.21. The average Bonchev–Trinajstić information content (AvgIpc) is 2.86. The Hall–Kier alpha value is -2.38. The molecule has 2 atom stereocenters. The number of fused-ring (bicyclic) bond motifs is 1. The van der Waals surface area contributed by atoms with E-state index < -0.39 is 25.3 Å². The molecule has 0 bridgehead atoms. The van der Waals surface area contributed by atoms with Gasteiger partial charge in [-0.3, -0.25) is 20.2 Å². The van der Waals surface area contributed by atoms with Gasteiger partial charge in [-0.15, -0.1) is 0 Å². The van der Waals surface area contributed by atoms with Crippen LogP contribution in [0.1, 0.15) is 24.8 Å². The zero-order valence-electron chi connectivity index (χ0n) is 19.5. The number of rotatable bonds is 9. The number of aliphatic hydroxyl groups excluding tert-OH is 2. The molecule has 2 aromatic rings. The fourth-order valence-electron chi connectivity index (χ4n) is 4.20. The first-order valence-electron chi connectivity index (χ1n) is 11.5. The van der Waals surface area contributed by atoms with Crippen molar-refractivity contribution in [3.8, 4) is 5.75 Å². The lowest BCUT2D eigenvalue weighted by atomic mass is 10.0. The van der Waals surface area contributed by atoms with E-state index in [9.17, 15) is 19.0 Å². The summed E-state index contributed by atoms with van der Waals surface area (Å²) in [6.07, 6.45) is 4.89. The van der Waals surface area contributed by atoms with Gasteiger partial charge in [-0.05, 0) is 44.6 Å². The molecule has 1 fully saturated rings. The molecule has 0 radical (unpaired) electrons. The monoisotopic (exact) mass is 508 g/mol. The third-order valence-electron chi connectivity index (χ3n) is 6.05. The van der Waals surface area contributed by atoms with Crippen molar-refractivity contribution in [3.05, 3.63) is 30.0 Å². The molecule has 1 aromatic carbocycles. The number of nitrogen functional groups attached to an aromatic ring is 1. The van der Waals surface area contributed by atoms with Gasteiger partial charge in [0, 0.05) is 16.5 Å². The van der Waals surface area contributed by atoms with Gasteiger partial charge in [0.2, 0.25) is 0 Å². The van der Waals surface area contributed by atoms with Crippen molar-refractivity contribution in [2.75, 3.05) is 45.6 Å². The van der Waals surface area contributed by atoms with Crippen molar-refractivity contribution in [1.29, 1.82) is 0 Å². The number of hydrogen-bond acceptors (Lipinski definition) is 10. The summed E-state index contributed by atoms with van der Waals surface area (Å²) in [6, 6.07) is 3.23. The molecule has 2 aliphatic rings. The molecular weight excluding hydrogens is 478 g/mol. The Morgan fingerprint density at radius 3 is 2.97 bits per heavy atom. The van der Waals surface area contributed by atoms with Crippen molar-refractivity contribution in [2.45, 2.75) is 37.5 Å². The van der Waals surface area contributed by atoms with Gasteiger partial charge in [0.1, 0.15) is 17.6 Å². The Balaban J connectivity index is 1.52. The molecule has 12 heteroatoms. The van der Waals surface area contributed by atoms with Gasteiger partial charge >= 0.3 is 0 Å². The zero-order chi connectivity index (χ0) is 25.0. The van der Waals surface area contributed by atoms with E-state index >= 15 is 0 Å². The number of aromatic nitrogens is 2. The second kappa shape index (κ2) is 11.1. The van der Waals surface area contributed by atoms with Crippen molar-refractivity contribution in [2.24, 2.45) is 4.99 Å². The number of likely N-dealkylation sites (N-methyl/N-ethyl adjacent to an activating group) is 1. The van der Waals surface area contributed by atoms with Crippen LogP contribution < -0.4 is 15.8 Å². The fraction of sp³-hybridized carbons (Fsp3) is 0.522. The number of anilines is 1. The molecule has 35 heavy (non-hydrogen) atoms. The van der Waals surface area contributed by atoms with Crippen LogP contribution in [-0.2, 0) is 0 Å². The second-order valence-corrected chi connectivity index (χ2v) is 9.80. The first-order valence-corrected chi connectivity index (χ1v) is 12.3. The van der Waals surface area contributed by atoms with Crippen LogP contribution in [0.5, 0.6) is 5.75 Å². The summed E-state index contributed by atoms with van der Waals surface area (Å²) in [7, 11) is 1.88. The van der Waals surface area contributed by atoms with Crippen LogP contribution >= 0.6 is 11.8 Å². The number of piperidine rings is 1. The number of alkyl halides is 2. The highest BCUT2D eigenvalue weighted by Crippen LogP contribution is 2.40. The summed E-state index contributed by atoms with van der Waals surface area (Å²) in [6.45, 7) is -0.722. The Labute approximate surface area is 206 Å². The van der Waals surface area contributed by atoms with Gasteiger partial charge in [0.25, 0.3) is 5.92 Å². The fourth-order valence-corrected chi connectivity index (χ4v) is 5.09. The van der Waals surface area contributed by atoms with Gasteiger partial charge in [-0.1, -0.05) is 18.2 Å². The first-order chi connectivity index (χ1) is 16.8. The summed E-state index contributed by atoms with van der Waals surface area (Å²) in [5, 5.41) is 23.0. The molecule has 3 heterocycles. The number of nitrogens with one attached hydrogen (secondary N) is 1. The number of nitrogens with zero attached hydrogens (tertiary/aromatic N) is 4. The molecule has 2 unspecified atom stereocenters. The van der Waals surface area contributed by atoms with E-state index in [2.05, 4.69) is 20.3 Å². The number of ether oxygens (including phenoxy) is 1. The van der Waals surface area contributed by atoms with Crippen molar-refractivity contribution >= 4 is 38.6 Å². The number of benzene rings is 1. The highest BCUT2D eigenvalue weighted by Gasteiger charge is 2.34. The number of thioether (sulfide) groups is 1. The van der Waals surface area contributed by atoms with Crippen LogP contribution in [0.2, 0.25) is 0 Å². The van der Waals surface area contributed by atoms with Crippen molar-refractivity contribution in [1.82, 2.24) is 20.2 Å². The Morgan fingerprint density at radius 1 is 1.37 bits per heavy atom. The molecule has 0 amide bonds. The smallest absolute Gasteiger partial charge is 0.293 e. The molecule has 4 rings (SSSR count). The third kappa shape index (κ3) is 6.25. The molecule has 0 aliphatic carbocycles. The van der Waals surface area contributed by atoms with Crippen LogP contribution in [0.4, 0.5) is 14.6 Å². The topological polar surface area (TPSA) is 129 Å². The van der Waals surface area contributed by atoms with Crippen LogP contribution in [0.25, 0.3) is 15.9 Å². The predicted octanol–water partition coefficient (Wildman–Crippen LogP) is 2.10. The Bertz CT molecular complexity index is 1120. The normalized spacial score (nSPS) is 20.4. The standard InChI is InChI=1S/C23H30F2N6O3S/c1-31-9-3-2-4-16(31)22(33)29-12-23(24,25)13-34-21-14(17-7-8-27-19(11-32)35-17)5-6-15-20(21)30-18(26)10-28-15/h5-7,10,16,22,29,32-33H,2-4,8-9,11-13H2,1H3,(H2,26,30). The number of aliphatic imine (C=N–C) groups is 1. The second-order valence-electron chi connectivity index (χ2n) is 8.68. The summed E-state index contributed by atoms with van der Waals surface area (Å²) in [4.78, 5) is 15.4. The zero-order valence-corrected chi connectivity index (χ0v) is 20.3. The van der Waals surface area contributed by atoms with Crippen LogP contribution in [0.3, 0.4) is 0 Å². The lowest BCUT2D eigenvalue weighted by molar-refractivity contribution is -0.0594. The quantitative estimate of drug-likeness (QED) is 0.376. The molecule has 2 aliphatic heterocycles. The summed E-state index contributed by atoms with van der Waals surface area (Å²) in [5.41, 5.74) is 7.08. The maximum Gasteiger partial charge on any atom is 0.293 e. The van der Waals surface area contributed by atoms with Crippen molar-refractivity contribution in [3.63, 3.8) is 0 Å². The van der Waals surface area contributed by atoms with Gasteiger partial charge in [-0.2, -0.15) is 0 Å². The summed E-state index contributed by atoms with van der Waals surface area (Å²) in [5.74, 6) is -3.00. The molecule has 0 spiro atoms. The summed E-state index contributed by atoms with van der Waals surface area (Å²) < 4.78 is 35.4. The number of hydrogen-bond donors (Lipinski definition) is 4. The average molecular weight is 509 g/mol. The predicted molar refractivity (Wildman–Crippen MR) is 134 cm³/mol. The van der Waals surface area contributed by atoms with E-state index in [1.807, 2.05) is 18.0 Å². The number of nitrogens with two attached hydrogens (primary N) is 1. The minimum absolute atomic E-state index is 0.132. The van der Waals surface area contributed by atoms with E-state index in [0.29, 0.717) is 27.6 Å². The molecule has 9 nitrogen and oxygen atoms in total. The van der Waals surface area contributed by atoms with Gasteiger partial charge in [0.15, 0.2) is 12.4 Å². The van der Waals surface area contributed by atoms with Crippen LogP contribution in [0, 0.1) is 0 Å². The van der Waals surface area contributed by atoms with Crippen LogP contribution in [-0.4, -0.2) is 88.2 Å². The molecule has 190 valence electrons. The Morgan fingerprint density at radius 2 is 2.20 bits per heavy atom. The number of halogens is 2. The SMILES string of the molecule is CN1CCCCC1C(O)NCC(F)(F)COc1c(C2=CCN=C(CO)S2)ccc2ncc(N)nc12. The molecule has 5 N–H and O–H groups in total. The minimum Gasteiger partial charge on any atom is -0.484 e. The molecular formula is C23H30F2N6O3S. The maximum atomic E-state index is 14.9. The van der Waals surface area contributed by atoms with Crippen molar-refractivity contribution < 1.29 is 23.7 Å².